The number of carbonyl (C=O) groups is 1. The predicted molar refractivity (Wildman–Crippen MR) is 40.3 cm³/mol. The Labute approximate surface area is 64.5 Å². The maximum Gasteiger partial charge on any atom is 0.219 e. The van der Waals surface area contributed by atoms with Crippen LogP contribution in [0, 0.1) is 0 Å². The fourth-order valence-corrected chi connectivity index (χ4v) is 0.474. The fourth-order valence-electron chi connectivity index (χ4n) is 0.474. The summed E-state index contributed by atoms with van der Waals surface area (Å²) in [4.78, 5) is 13.9. The SMILES string of the molecule is NC(=O)CCN=C(CO)CO. The van der Waals surface area contributed by atoms with Crippen molar-refractivity contribution >= 4 is 11.6 Å². The smallest absolute Gasteiger partial charge is 0.219 e. The monoisotopic (exact) mass is 160 g/mol. The molecule has 0 saturated heterocycles. The number of primary amides is 1. The largest absolute Gasteiger partial charge is 0.390 e. The molecule has 0 aliphatic rings. The van der Waals surface area contributed by atoms with Gasteiger partial charge in [0.2, 0.25) is 5.91 Å². The van der Waals surface area contributed by atoms with Crippen molar-refractivity contribution in [2.24, 2.45) is 10.7 Å². The van der Waals surface area contributed by atoms with Gasteiger partial charge in [-0.1, -0.05) is 0 Å². The summed E-state index contributed by atoms with van der Waals surface area (Å²) < 4.78 is 0. The lowest BCUT2D eigenvalue weighted by atomic mass is 10.4. The third kappa shape index (κ3) is 5.50. The van der Waals surface area contributed by atoms with Crippen molar-refractivity contribution in [1.82, 2.24) is 0 Å². The first-order valence-corrected chi connectivity index (χ1v) is 3.23. The van der Waals surface area contributed by atoms with Crippen molar-refractivity contribution < 1.29 is 15.0 Å². The van der Waals surface area contributed by atoms with Gasteiger partial charge in [0.05, 0.1) is 18.9 Å². The first-order valence-electron chi connectivity index (χ1n) is 3.23. The van der Waals surface area contributed by atoms with Gasteiger partial charge in [-0.15, -0.1) is 0 Å². The van der Waals surface area contributed by atoms with Gasteiger partial charge in [0, 0.05) is 13.0 Å². The molecule has 0 aliphatic heterocycles. The van der Waals surface area contributed by atoms with E-state index >= 15 is 0 Å². The van der Waals surface area contributed by atoms with Crippen molar-refractivity contribution in [3.8, 4) is 0 Å². The highest BCUT2D eigenvalue weighted by Crippen LogP contribution is 1.82. The van der Waals surface area contributed by atoms with Crippen LogP contribution >= 0.6 is 0 Å². The second-order valence-electron chi connectivity index (χ2n) is 1.98. The molecular weight excluding hydrogens is 148 g/mol. The average Bonchev–Trinajstić information content (AvgIpc) is 1.98. The van der Waals surface area contributed by atoms with Crippen LogP contribution in [0.3, 0.4) is 0 Å². The van der Waals surface area contributed by atoms with Gasteiger partial charge in [-0.3, -0.25) is 9.79 Å². The highest BCUT2D eigenvalue weighted by molar-refractivity contribution is 5.86. The van der Waals surface area contributed by atoms with Gasteiger partial charge in [0.15, 0.2) is 0 Å². The number of aliphatic imine (C=N–C) groups is 1. The first kappa shape index (κ1) is 10.1. The summed E-state index contributed by atoms with van der Waals surface area (Å²) in [5, 5.41) is 17.0. The number of nitrogens with zero attached hydrogens (tertiary/aromatic N) is 1. The van der Waals surface area contributed by atoms with Crippen LogP contribution in [0.1, 0.15) is 6.42 Å². The highest BCUT2D eigenvalue weighted by atomic mass is 16.3. The van der Waals surface area contributed by atoms with Gasteiger partial charge in [-0.25, -0.2) is 0 Å². The minimum absolute atomic E-state index is 0.142. The zero-order valence-electron chi connectivity index (χ0n) is 6.16. The van der Waals surface area contributed by atoms with E-state index in [1.54, 1.807) is 0 Å². The van der Waals surface area contributed by atoms with Crippen LogP contribution in [0.25, 0.3) is 0 Å². The highest BCUT2D eigenvalue weighted by Gasteiger charge is 1.95. The van der Waals surface area contributed by atoms with E-state index in [2.05, 4.69) is 4.99 Å². The molecule has 0 atom stereocenters. The number of aliphatic hydroxyl groups is 2. The van der Waals surface area contributed by atoms with Crippen LogP contribution in [-0.4, -0.2) is 41.6 Å². The van der Waals surface area contributed by atoms with Crippen LogP contribution in [0.4, 0.5) is 0 Å². The lowest BCUT2D eigenvalue weighted by molar-refractivity contribution is -0.117. The molecular formula is C6H12N2O3. The number of carbonyl (C=O) groups excluding carboxylic acids is 1. The molecule has 0 saturated carbocycles. The minimum atomic E-state index is -0.441. The molecule has 4 N–H and O–H groups in total. The Morgan fingerprint density at radius 1 is 1.36 bits per heavy atom. The zero-order chi connectivity index (χ0) is 8.69. The summed E-state index contributed by atoms with van der Waals surface area (Å²) in [6.45, 7) is -0.337. The lowest BCUT2D eigenvalue weighted by Gasteiger charge is -1.96. The Bertz CT molecular complexity index is 150. The molecule has 0 rings (SSSR count). The Hall–Kier alpha value is -0.940. The molecule has 0 spiro atoms. The summed E-state index contributed by atoms with van der Waals surface area (Å²) >= 11 is 0. The van der Waals surface area contributed by atoms with Crippen molar-refractivity contribution in [1.29, 1.82) is 0 Å². The second kappa shape index (κ2) is 5.82. The molecule has 0 aliphatic carbocycles. The van der Waals surface area contributed by atoms with E-state index < -0.39 is 5.91 Å². The Kier molecular flexibility index (Phi) is 5.32. The molecule has 0 unspecified atom stereocenters. The number of nitrogens with two attached hydrogens (primary N) is 1. The molecule has 0 radical (unpaired) electrons. The normalized spacial score (nSPS) is 9.27. The topological polar surface area (TPSA) is 95.9 Å². The number of hydrogen-bond donors (Lipinski definition) is 3. The number of rotatable bonds is 5. The van der Waals surface area contributed by atoms with Crippen LogP contribution in [0.15, 0.2) is 4.99 Å². The molecule has 64 valence electrons. The lowest BCUT2D eigenvalue weighted by Crippen LogP contribution is -2.14. The summed E-state index contributed by atoms with van der Waals surface area (Å²) in [6.07, 6.45) is 0.142. The van der Waals surface area contributed by atoms with E-state index in [1.807, 2.05) is 0 Å². The van der Waals surface area contributed by atoms with E-state index in [4.69, 9.17) is 15.9 Å². The van der Waals surface area contributed by atoms with Gasteiger partial charge < -0.3 is 15.9 Å². The molecule has 0 aromatic heterocycles. The fraction of sp³-hybridized carbons (Fsp3) is 0.667. The van der Waals surface area contributed by atoms with Crippen molar-refractivity contribution in [2.45, 2.75) is 6.42 Å². The molecule has 11 heavy (non-hydrogen) atoms. The molecule has 5 heteroatoms. The average molecular weight is 160 g/mol. The predicted octanol–water partition coefficient (Wildman–Crippen LogP) is -1.71. The van der Waals surface area contributed by atoms with Gasteiger partial charge in [0.1, 0.15) is 0 Å². The maximum atomic E-state index is 10.2. The number of amides is 1. The van der Waals surface area contributed by atoms with Crippen LogP contribution in [-0.2, 0) is 4.79 Å². The quantitative estimate of drug-likeness (QED) is 0.418. The van der Waals surface area contributed by atoms with Gasteiger partial charge in [0.25, 0.3) is 0 Å². The van der Waals surface area contributed by atoms with Crippen LogP contribution in [0.2, 0.25) is 0 Å². The van der Waals surface area contributed by atoms with E-state index in [-0.39, 0.29) is 31.9 Å². The molecule has 1 amide bonds. The van der Waals surface area contributed by atoms with Crippen LogP contribution in [0.5, 0.6) is 0 Å². The van der Waals surface area contributed by atoms with Crippen molar-refractivity contribution in [3.05, 3.63) is 0 Å². The number of hydrogen-bond acceptors (Lipinski definition) is 4. The van der Waals surface area contributed by atoms with Crippen LogP contribution < -0.4 is 5.73 Å². The van der Waals surface area contributed by atoms with Gasteiger partial charge >= 0.3 is 0 Å². The van der Waals surface area contributed by atoms with E-state index in [9.17, 15) is 4.79 Å². The number of aliphatic hydroxyl groups excluding tert-OH is 2. The van der Waals surface area contributed by atoms with E-state index in [0.717, 1.165) is 0 Å². The Morgan fingerprint density at radius 2 is 1.91 bits per heavy atom. The first-order chi connectivity index (χ1) is 5.20. The molecule has 0 fully saturated rings. The molecule has 0 heterocycles. The maximum absolute atomic E-state index is 10.2. The van der Waals surface area contributed by atoms with Gasteiger partial charge in [-0.2, -0.15) is 0 Å². The third-order valence-corrected chi connectivity index (χ3v) is 1.06. The van der Waals surface area contributed by atoms with Crippen molar-refractivity contribution in [2.75, 3.05) is 19.8 Å². The van der Waals surface area contributed by atoms with E-state index in [1.165, 1.54) is 0 Å². The summed E-state index contributed by atoms with van der Waals surface area (Å²) in [5.41, 5.74) is 5.10. The third-order valence-electron chi connectivity index (χ3n) is 1.06. The summed E-state index contributed by atoms with van der Waals surface area (Å²) in [7, 11) is 0. The Morgan fingerprint density at radius 3 is 2.27 bits per heavy atom. The molecule has 0 bridgehead atoms. The van der Waals surface area contributed by atoms with Gasteiger partial charge in [-0.05, 0) is 0 Å². The minimum Gasteiger partial charge on any atom is -0.390 e. The Balaban J connectivity index is 3.61. The molecule has 0 aromatic rings. The molecule has 5 nitrogen and oxygen atoms in total. The van der Waals surface area contributed by atoms with Crippen molar-refractivity contribution in [3.63, 3.8) is 0 Å². The standard InChI is InChI=1S/C6H12N2O3/c7-6(11)1-2-8-5(3-9)4-10/h9-10H,1-4H2,(H2,7,11). The molecule has 0 aromatic carbocycles. The second-order valence-corrected chi connectivity index (χ2v) is 1.98. The van der Waals surface area contributed by atoms with E-state index in [0.29, 0.717) is 0 Å². The summed E-state index contributed by atoms with van der Waals surface area (Å²) in [6, 6.07) is 0. The zero-order valence-corrected chi connectivity index (χ0v) is 6.16. The summed E-state index contributed by atoms with van der Waals surface area (Å²) in [5.74, 6) is -0.441.